The fourth-order valence-corrected chi connectivity index (χ4v) is 2.81. The molecule has 8 heteroatoms. The van der Waals surface area contributed by atoms with Crippen LogP contribution in [0.4, 0.5) is 5.13 Å². The first-order valence-electron chi connectivity index (χ1n) is 7.32. The van der Waals surface area contributed by atoms with Crippen LogP contribution in [0.2, 0.25) is 5.02 Å². The molecule has 2 aromatic rings. The third-order valence-electron chi connectivity index (χ3n) is 2.92. The van der Waals surface area contributed by atoms with E-state index in [-0.39, 0.29) is 18.9 Å². The van der Waals surface area contributed by atoms with Crippen LogP contribution >= 0.6 is 22.9 Å². The second-order valence-corrected chi connectivity index (χ2v) is 6.19. The minimum Gasteiger partial charge on any atom is -0.493 e. The number of hydrogen-bond acceptors (Lipinski definition) is 6. The summed E-state index contributed by atoms with van der Waals surface area (Å²) >= 11 is 6.88. The molecule has 2 rings (SSSR count). The average Bonchev–Trinajstić information content (AvgIpc) is 2.90. The molecular weight excluding hydrogens is 352 g/mol. The molecule has 1 aromatic heterocycles. The zero-order valence-electron chi connectivity index (χ0n) is 13.3. The fraction of sp³-hybridized carbons (Fsp3) is 0.312. The molecule has 128 valence electrons. The Bertz CT molecular complexity index is 715. The first-order valence-corrected chi connectivity index (χ1v) is 8.51. The van der Waals surface area contributed by atoms with Crippen molar-refractivity contribution < 1.29 is 19.1 Å². The molecule has 1 heterocycles. The molecule has 0 radical (unpaired) electrons. The van der Waals surface area contributed by atoms with Crippen molar-refractivity contribution in [2.24, 2.45) is 0 Å². The van der Waals surface area contributed by atoms with Crippen LogP contribution < -0.4 is 10.1 Å². The van der Waals surface area contributed by atoms with Crippen LogP contribution in [0.25, 0.3) is 0 Å². The molecule has 0 aliphatic carbocycles. The lowest BCUT2D eigenvalue weighted by Gasteiger charge is -2.05. The van der Waals surface area contributed by atoms with Crippen LogP contribution in [0.1, 0.15) is 28.7 Å². The Balaban J connectivity index is 1.83. The molecule has 0 aliphatic rings. The normalized spacial score (nSPS) is 10.3. The van der Waals surface area contributed by atoms with Gasteiger partial charge in [0.25, 0.3) is 0 Å². The Morgan fingerprint density at radius 2 is 2.00 bits per heavy atom. The van der Waals surface area contributed by atoms with Gasteiger partial charge in [-0.1, -0.05) is 22.9 Å². The van der Waals surface area contributed by atoms with Gasteiger partial charge in [-0.05, 0) is 38.1 Å². The molecule has 24 heavy (non-hydrogen) atoms. The van der Waals surface area contributed by atoms with Crippen LogP contribution in [0.5, 0.6) is 5.75 Å². The average molecular weight is 369 g/mol. The summed E-state index contributed by atoms with van der Waals surface area (Å²) < 4.78 is 10.4. The summed E-state index contributed by atoms with van der Waals surface area (Å²) in [5.41, 5.74) is 0.533. The Hall–Kier alpha value is -2.12. The van der Waals surface area contributed by atoms with E-state index in [2.05, 4.69) is 10.3 Å². The van der Waals surface area contributed by atoms with Gasteiger partial charge < -0.3 is 14.8 Å². The molecule has 0 spiro atoms. The highest BCUT2D eigenvalue weighted by Gasteiger charge is 2.17. The summed E-state index contributed by atoms with van der Waals surface area (Å²) in [6.45, 7) is 3.95. The highest BCUT2D eigenvalue weighted by Crippen LogP contribution is 2.23. The Labute approximate surface area is 148 Å². The Kier molecular flexibility index (Phi) is 6.57. The SMILES string of the molecule is CCOC(=O)c1sc(NC(=O)CCOc2ccc(Cl)cc2)nc1C. The number of nitrogens with one attached hydrogen (secondary N) is 1. The predicted octanol–water partition coefficient (Wildman–Crippen LogP) is 3.69. The number of benzene rings is 1. The van der Waals surface area contributed by atoms with Crippen molar-refractivity contribution in [2.75, 3.05) is 18.5 Å². The van der Waals surface area contributed by atoms with Crippen molar-refractivity contribution >= 4 is 39.9 Å². The third kappa shape index (κ3) is 5.21. The molecule has 1 N–H and O–H groups in total. The molecule has 1 aromatic carbocycles. The van der Waals surface area contributed by atoms with Crippen molar-refractivity contribution in [1.82, 2.24) is 4.98 Å². The summed E-state index contributed by atoms with van der Waals surface area (Å²) in [4.78, 5) is 28.2. The van der Waals surface area contributed by atoms with Gasteiger partial charge in [0, 0.05) is 5.02 Å². The molecule has 0 bridgehead atoms. The van der Waals surface area contributed by atoms with Crippen LogP contribution in [0, 0.1) is 6.92 Å². The number of rotatable bonds is 7. The third-order valence-corrected chi connectivity index (χ3v) is 4.22. The van der Waals surface area contributed by atoms with Gasteiger partial charge in [0.2, 0.25) is 5.91 Å². The maximum absolute atomic E-state index is 11.9. The summed E-state index contributed by atoms with van der Waals surface area (Å²) in [6.07, 6.45) is 0.163. The number of hydrogen-bond donors (Lipinski definition) is 1. The number of nitrogens with zero attached hydrogens (tertiary/aromatic N) is 1. The molecule has 0 fully saturated rings. The van der Waals surface area contributed by atoms with E-state index in [1.54, 1.807) is 38.1 Å². The largest absolute Gasteiger partial charge is 0.493 e. The van der Waals surface area contributed by atoms with E-state index in [1.165, 1.54) is 0 Å². The lowest BCUT2D eigenvalue weighted by molar-refractivity contribution is -0.116. The van der Waals surface area contributed by atoms with Crippen LogP contribution in [0.15, 0.2) is 24.3 Å². The van der Waals surface area contributed by atoms with Gasteiger partial charge in [-0.2, -0.15) is 0 Å². The van der Waals surface area contributed by atoms with Gasteiger partial charge >= 0.3 is 5.97 Å². The molecule has 0 saturated heterocycles. The smallest absolute Gasteiger partial charge is 0.350 e. The number of aromatic nitrogens is 1. The predicted molar refractivity (Wildman–Crippen MR) is 93.0 cm³/mol. The van der Waals surface area contributed by atoms with Crippen LogP contribution in [0.3, 0.4) is 0 Å². The summed E-state index contributed by atoms with van der Waals surface area (Å²) in [5, 5.41) is 3.64. The van der Waals surface area contributed by atoms with E-state index in [0.29, 0.717) is 33.1 Å². The maximum atomic E-state index is 11.9. The van der Waals surface area contributed by atoms with Crippen molar-refractivity contribution in [2.45, 2.75) is 20.3 Å². The lowest BCUT2D eigenvalue weighted by Crippen LogP contribution is -2.15. The Morgan fingerprint density at radius 3 is 2.67 bits per heavy atom. The van der Waals surface area contributed by atoms with E-state index >= 15 is 0 Å². The van der Waals surface area contributed by atoms with E-state index < -0.39 is 5.97 Å². The molecule has 0 atom stereocenters. The van der Waals surface area contributed by atoms with Crippen LogP contribution in [-0.2, 0) is 9.53 Å². The number of carbonyl (C=O) groups is 2. The molecule has 0 saturated carbocycles. The van der Waals surface area contributed by atoms with Crippen molar-refractivity contribution in [1.29, 1.82) is 0 Å². The summed E-state index contributed by atoms with van der Waals surface area (Å²) in [5.74, 6) is -0.0333. The number of halogens is 1. The van der Waals surface area contributed by atoms with E-state index in [1.807, 2.05) is 0 Å². The Morgan fingerprint density at radius 1 is 1.29 bits per heavy atom. The highest BCUT2D eigenvalue weighted by atomic mass is 35.5. The van der Waals surface area contributed by atoms with Crippen molar-refractivity contribution in [3.05, 3.63) is 39.9 Å². The molecule has 1 amide bonds. The van der Waals surface area contributed by atoms with Gasteiger partial charge in [-0.25, -0.2) is 9.78 Å². The number of amides is 1. The quantitative estimate of drug-likeness (QED) is 0.754. The maximum Gasteiger partial charge on any atom is 0.350 e. The van der Waals surface area contributed by atoms with Gasteiger partial charge in [-0.15, -0.1) is 0 Å². The molecule has 0 aliphatic heterocycles. The monoisotopic (exact) mass is 368 g/mol. The highest BCUT2D eigenvalue weighted by molar-refractivity contribution is 7.17. The topological polar surface area (TPSA) is 77.5 Å². The number of anilines is 1. The number of carbonyl (C=O) groups excluding carboxylic acids is 2. The first-order chi connectivity index (χ1) is 11.5. The fourth-order valence-electron chi connectivity index (χ4n) is 1.81. The standard InChI is InChI=1S/C16H17ClN2O4S/c1-3-22-15(21)14-10(2)18-16(24-14)19-13(20)8-9-23-12-6-4-11(17)5-7-12/h4-7H,3,8-9H2,1-2H3,(H,18,19,20). The van der Waals surface area contributed by atoms with Gasteiger partial charge in [-0.3, -0.25) is 4.79 Å². The molecular formula is C16H17ClN2O4S. The van der Waals surface area contributed by atoms with Crippen molar-refractivity contribution in [3.63, 3.8) is 0 Å². The minimum atomic E-state index is -0.431. The van der Waals surface area contributed by atoms with Gasteiger partial charge in [0.1, 0.15) is 10.6 Å². The second kappa shape index (κ2) is 8.65. The number of thiazole rings is 1. The summed E-state index contributed by atoms with van der Waals surface area (Å²) in [6, 6.07) is 6.89. The van der Waals surface area contributed by atoms with Gasteiger partial charge in [0.05, 0.1) is 25.3 Å². The van der Waals surface area contributed by atoms with Crippen LogP contribution in [-0.4, -0.2) is 30.1 Å². The van der Waals surface area contributed by atoms with E-state index in [0.717, 1.165) is 11.3 Å². The number of esters is 1. The minimum absolute atomic E-state index is 0.163. The second-order valence-electron chi connectivity index (χ2n) is 4.75. The number of aryl methyl sites for hydroxylation is 1. The number of ether oxygens (including phenoxy) is 2. The zero-order valence-corrected chi connectivity index (χ0v) is 14.9. The summed E-state index contributed by atoms with van der Waals surface area (Å²) in [7, 11) is 0. The molecule has 0 unspecified atom stereocenters. The van der Waals surface area contributed by atoms with Crippen molar-refractivity contribution in [3.8, 4) is 5.75 Å². The van der Waals surface area contributed by atoms with Gasteiger partial charge in [0.15, 0.2) is 5.13 Å². The lowest BCUT2D eigenvalue weighted by atomic mass is 10.3. The van der Waals surface area contributed by atoms with E-state index in [9.17, 15) is 9.59 Å². The zero-order chi connectivity index (χ0) is 17.5. The van der Waals surface area contributed by atoms with E-state index in [4.69, 9.17) is 21.1 Å². The first kappa shape index (κ1) is 18.2. The molecule has 6 nitrogen and oxygen atoms in total.